The summed E-state index contributed by atoms with van der Waals surface area (Å²) in [6.45, 7) is 0.937. The largest absolute Gasteiger partial charge is 0.493 e. The highest BCUT2D eigenvalue weighted by Crippen LogP contribution is 2.55. The van der Waals surface area contributed by atoms with Gasteiger partial charge in [0.1, 0.15) is 0 Å². The highest BCUT2D eigenvalue weighted by molar-refractivity contribution is 6.27. The standard InChI is InChI=1S/C19H27NO2.C2H2O4/c1-21-17-4-3-13(8-18(17)22-2)12-20-19-9-14-5-15(10-19)7-16(6-14)11-19;3-1(4)2(5)6/h3-4,8,14-16,20H,5-7,9-12H2,1-2H3;(H,3,4)(H,5,6). The second kappa shape index (κ2) is 8.39. The van der Waals surface area contributed by atoms with E-state index in [1.165, 1.54) is 44.1 Å². The summed E-state index contributed by atoms with van der Waals surface area (Å²) in [5.74, 6) is 0.954. The molecule has 1 aromatic carbocycles. The molecule has 7 heteroatoms. The van der Waals surface area contributed by atoms with E-state index in [0.29, 0.717) is 5.54 Å². The summed E-state index contributed by atoms with van der Waals surface area (Å²) in [6, 6.07) is 6.26. The lowest BCUT2D eigenvalue weighted by molar-refractivity contribution is -0.159. The van der Waals surface area contributed by atoms with E-state index in [2.05, 4.69) is 17.4 Å². The molecule has 4 fully saturated rings. The van der Waals surface area contributed by atoms with Gasteiger partial charge in [-0.15, -0.1) is 0 Å². The number of hydrogen-bond acceptors (Lipinski definition) is 5. The zero-order chi connectivity index (χ0) is 20.3. The average Bonchev–Trinajstić information content (AvgIpc) is 2.65. The highest BCUT2D eigenvalue weighted by atomic mass is 16.5. The average molecular weight is 391 g/mol. The van der Waals surface area contributed by atoms with Crippen molar-refractivity contribution < 1.29 is 29.3 Å². The van der Waals surface area contributed by atoms with Crippen molar-refractivity contribution in [2.75, 3.05) is 14.2 Å². The van der Waals surface area contributed by atoms with Crippen molar-refractivity contribution >= 4 is 11.9 Å². The van der Waals surface area contributed by atoms with Gasteiger partial charge in [-0.25, -0.2) is 9.59 Å². The first-order chi connectivity index (χ1) is 13.3. The van der Waals surface area contributed by atoms with Gasteiger partial charge in [0.15, 0.2) is 11.5 Å². The van der Waals surface area contributed by atoms with Crippen molar-refractivity contribution in [1.82, 2.24) is 5.32 Å². The normalized spacial score (nSPS) is 29.6. The molecular formula is C21H29NO6. The summed E-state index contributed by atoms with van der Waals surface area (Å²) in [4.78, 5) is 18.2. The number of hydrogen-bond donors (Lipinski definition) is 3. The molecular weight excluding hydrogens is 362 g/mol. The fourth-order valence-corrected chi connectivity index (χ4v) is 5.61. The lowest BCUT2D eigenvalue weighted by Crippen LogP contribution is -2.58. The van der Waals surface area contributed by atoms with Crippen LogP contribution >= 0.6 is 0 Å². The molecule has 1 aromatic rings. The summed E-state index contributed by atoms with van der Waals surface area (Å²) in [7, 11) is 3.39. The molecule has 0 atom stereocenters. The van der Waals surface area contributed by atoms with Gasteiger partial charge in [-0.3, -0.25) is 0 Å². The van der Waals surface area contributed by atoms with Crippen molar-refractivity contribution in [3.05, 3.63) is 23.8 Å². The Morgan fingerprint density at radius 1 is 0.964 bits per heavy atom. The van der Waals surface area contributed by atoms with Crippen molar-refractivity contribution in [1.29, 1.82) is 0 Å². The van der Waals surface area contributed by atoms with Crippen LogP contribution in [0.15, 0.2) is 18.2 Å². The summed E-state index contributed by atoms with van der Waals surface area (Å²) in [5.41, 5.74) is 1.70. The van der Waals surface area contributed by atoms with Crippen molar-refractivity contribution in [3.63, 3.8) is 0 Å². The Morgan fingerprint density at radius 2 is 1.46 bits per heavy atom. The minimum absolute atomic E-state index is 0.419. The highest BCUT2D eigenvalue weighted by Gasteiger charge is 2.50. The maximum atomic E-state index is 9.10. The number of carboxylic acids is 2. The molecule has 0 unspecified atom stereocenters. The Balaban J connectivity index is 0.000000330. The van der Waals surface area contributed by atoms with Crippen LogP contribution in [-0.4, -0.2) is 41.9 Å². The van der Waals surface area contributed by atoms with E-state index in [9.17, 15) is 0 Å². The van der Waals surface area contributed by atoms with Crippen LogP contribution in [0, 0.1) is 17.8 Å². The molecule has 0 saturated heterocycles. The van der Waals surface area contributed by atoms with E-state index >= 15 is 0 Å². The van der Waals surface area contributed by atoms with E-state index in [1.807, 2.05) is 6.07 Å². The number of methoxy groups -OCH3 is 2. The molecule has 0 radical (unpaired) electrons. The fraction of sp³-hybridized carbons (Fsp3) is 0.619. The first-order valence-electron chi connectivity index (χ1n) is 9.76. The van der Waals surface area contributed by atoms with Crippen LogP contribution in [0.1, 0.15) is 44.1 Å². The fourth-order valence-electron chi connectivity index (χ4n) is 5.61. The van der Waals surface area contributed by atoms with Gasteiger partial charge in [-0.2, -0.15) is 0 Å². The Hall–Kier alpha value is -2.28. The summed E-state index contributed by atoms with van der Waals surface area (Å²) < 4.78 is 10.7. The van der Waals surface area contributed by atoms with Gasteiger partial charge >= 0.3 is 11.9 Å². The maximum absolute atomic E-state index is 9.10. The summed E-state index contributed by atoms with van der Waals surface area (Å²) >= 11 is 0. The van der Waals surface area contributed by atoms with Crippen LogP contribution < -0.4 is 14.8 Å². The van der Waals surface area contributed by atoms with E-state index in [-0.39, 0.29) is 0 Å². The van der Waals surface area contributed by atoms with Gasteiger partial charge in [-0.05, 0) is 74.0 Å². The lowest BCUT2D eigenvalue weighted by Gasteiger charge is -2.57. The Bertz CT molecular complexity index is 684. The molecule has 0 aromatic heterocycles. The molecule has 7 nitrogen and oxygen atoms in total. The molecule has 4 aliphatic carbocycles. The third-order valence-electron chi connectivity index (χ3n) is 6.34. The van der Waals surface area contributed by atoms with Crippen LogP contribution in [-0.2, 0) is 16.1 Å². The van der Waals surface area contributed by atoms with E-state index in [0.717, 1.165) is 35.8 Å². The van der Waals surface area contributed by atoms with Crippen LogP contribution in [0.25, 0.3) is 0 Å². The molecule has 0 aliphatic heterocycles. The van der Waals surface area contributed by atoms with Crippen LogP contribution in [0.3, 0.4) is 0 Å². The molecule has 0 spiro atoms. The van der Waals surface area contributed by atoms with Crippen molar-refractivity contribution in [2.45, 2.75) is 50.6 Å². The Kier molecular flexibility index (Phi) is 6.13. The predicted molar refractivity (Wildman–Crippen MR) is 103 cm³/mol. The SMILES string of the molecule is COc1ccc(CNC23CC4CC(CC(C4)C2)C3)cc1OC.O=C(O)C(=O)O. The van der Waals surface area contributed by atoms with Gasteiger partial charge in [0, 0.05) is 12.1 Å². The molecule has 154 valence electrons. The lowest BCUT2D eigenvalue weighted by atomic mass is 9.53. The molecule has 4 aliphatic rings. The van der Waals surface area contributed by atoms with Gasteiger partial charge in [0.2, 0.25) is 0 Å². The third-order valence-corrected chi connectivity index (χ3v) is 6.34. The van der Waals surface area contributed by atoms with Crippen LogP contribution in [0.2, 0.25) is 0 Å². The number of rotatable bonds is 5. The van der Waals surface area contributed by atoms with Crippen LogP contribution in [0.5, 0.6) is 11.5 Å². The van der Waals surface area contributed by atoms with Gasteiger partial charge < -0.3 is 25.0 Å². The molecule has 5 rings (SSSR count). The van der Waals surface area contributed by atoms with Gasteiger partial charge in [0.05, 0.1) is 14.2 Å². The van der Waals surface area contributed by atoms with Crippen molar-refractivity contribution in [2.24, 2.45) is 17.8 Å². The second-order valence-electron chi connectivity index (χ2n) is 8.35. The summed E-state index contributed by atoms with van der Waals surface area (Å²) in [5, 5.41) is 18.7. The number of carbonyl (C=O) groups is 2. The number of ether oxygens (including phenoxy) is 2. The third kappa shape index (κ3) is 4.58. The van der Waals surface area contributed by atoms with E-state index < -0.39 is 11.9 Å². The molecule has 28 heavy (non-hydrogen) atoms. The minimum atomic E-state index is -1.82. The summed E-state index contributed by atoms with van der Waals surface area (Å²) in [6.07, 6.45) is 8.68. The molecule has 0 heterocycles. The van der Waals surface area contributed by atoms with Crippen molar-refractivity contribution in [3.8, 4) is 11.5 Å². The minimum Gasteiger partial charge on any atom is -0.493 e. The number of nitrogens with one attached hydrogen (secondary N) is 1. The first kappa shape index (κ1) is 20.5. The van der Waals surface area contributed by atoms with Gasteiger partial charge in [-0.1, -0.05) is 6.07 Å². The second-order valence-corrected chi connectivity index (χ2v) is 8.35. The Morgan fingerprint density at radius 3 is 1.89 bits per heavy atom. The van der Waals surface area contributed by atoms with Gasteiger partial charge in [0.25, 0.3) is 0 Å². The molecule has 0 amide bonds. The van der Waals surface area contributed by atoms with E-state index in [1.54, 1.807) is 14.2 Å². The molecule has 4 saturated carbocycles. The quantitative estimate of drug-likeness (QED) is 0.663. The zero-order valence-electron chi connectivity index (χ0n) is 16.4. The number of carboxylic acid groups (broad SMARTS) is 2. The topological polar surface area (TPSA) is 105 Å². The smallest absolute Gasteiger partial charge is 0.414 e. The number of benzene rings is 1. The predicted octanol–water partition coefficient (Wildman–Crippen LogP) is 2.92. The molecule has 4 bridgehead atoms. The monoisotopic (exact) mass is 391 g/mol. The zero-order valence-corrected chi connectivity index (χ0v) is 16.4. The molecule has 3 N–H and O–H groups in total. The van der Waals surface area contributed by atoms with E-state index in [4.69, 9.17) is 29.3 Å². The number of aliphatic carboxylic acids is 2. The maximum Gasteiger partial charge on any atom is 0.414 e. The Labute approximate surface area is 165 Å². The first-order valence-corrected chi connectivity index (χ1v) is 9.76. The van der Waals surface area contributed by atoms with Crippen LogP contribution in [0.4, 0.5) is 0 Å².